The molecule has 5 nitrogen and oxygen atoms in total. The van der Waals surface area contributed by atoms with Gasteiger partial charge in [-0.3, -0.25) is 15.0 Å². The summed E-state index contributed by atoms with van der Waals surface area (Å²) in [5.41, 5.74) is 1.99. The molecule has 1 aromatic rings. The van der Waals surface area contributed by atoms with E-state index < -0.39 is 0 Å². The molecule has 1 aliphatic rings. The molecule has 0 spiro atoms. The normalized spacial score (nSPS) is 18.0. The van der Waals surface area contributed by atoms with Gasteiger partial charge in [0.05, 0.1) is 17.3 Å². The second kappa shape index (κ2) is 17.0. The third kappa shape index (κ3) is 11.6. The first-order valence-corrected chi connectivity index (χ1v) is 12.5. The molecule has 0 N–H and O–H groups in total. The Bertz CT molecular complexity index is 602. The summed E-state index contributed by atoms with van der Waals surface area (Å²) in [6.45, 7) is 7.00. The molecule has 1 aromatic heterocycles. The van der Waals surface area contributed by atoms with Crippen molar-refractivity contribution in [2.75, 3.05) is 19.8 Å². The maximum Gasteiger partial charge on any atom is 0.166 e. The highest BCUT2D eigenvalue weighted by atomic mass is 16.5. The zero-order chi connectivity index (χ0) is 22.0. The van der Waals surface area contributed by atoms with Gasteiger partial charge in [-0.25, -0.2) is 0 Å². The average Bonchev–Trinajstić information content (AvgIpc) is 2.81. The van der Waals surface area contributed by atoms with Gasteiger partial charge >= 0.3 is 0 Å². The first-order valence-electron chi connectivity index (χ1n) is 12.5. The van der Waals surface area contributed by atoms with E-state index in [0.29, 0.717) is 0 Å². The second-order valence-electron chi connectivity index (χ2n) is 8.45. The Morgan fingerprint density at radius 1 is 0.742 bits per heavy atom. The van der Waals surface area contributed by atoms with Gasteiger partial charge in [0.1, 0.15) is 0 Å². The lowest BCUT2D eigenvalue weighted by atomic mass is 10.0. The standard InChI is InChI=1S/C26H43N3O2/c1-3-5-7-9-12-19-31-26-16-15-23(20-29-26)25-22-27-24(21-28-25)14-10-13-18-30-17-11-8-6-4-2/h15-16,20-23,26H,3-14,17-19H2,1-2H3. The van der Waals surface area contributed by atoms with Gasteiger partial charge < -0.3 is 9.47 Å². The maximum atomic E-state index is 5.83. The molecule has 2 atom stereocenters. The monoisotopic (exact) mass is 429 g/mol. The molecule has 0 aliphatic carbocycles. The Balaban J connectivity index is 1.57. The fraction of sp³-hybridized carbons (Fsp3) is 0.731. The minimum atomic E-state index is -0.150. The summed E-state index contributed by atoms with van der Waals surface area (Å²) in [6, 6.07) is 0. The fourth-order valence-electron chi connectivity index (χ4n) is 3.58. The van der Waals surface area contributed by atoms with Crippen molar-refractivity contribution in [1.82, 2.24) is 9.97 Å². The summed E-state index contributed by atoms with van der Waals surface area (Å²) in [7, 11) is 0. The van der Waals surface area contributed by atoms with E-state index in [-0.39, 0.29) is 12.1 Å². The molecule has 31 heavy (non-hydrogen) atoms. The van der Waals surface area contributed by atoms with Crippen LogP contribution in [0.4, 0.5) is 0 Å². The van der Waals surface area contributed by atoms with Crippen LogP contribution in [0.2, 0.25) is 0 Å². The van der Waals surface area contributed by atoms with Crippen LogP contribution in [0.25, 0.3) is 0 Å². The van der Waals surface area contributed by atoms with E-state index >= 15 is 0 Å². The van der Waals surface area contributed by atoms with Crippen LogP contribution in [0.5, 0.6) is 0 Å². The summed E-state index contributed by atoms with van der Waals surface area (Å²) in [5, 5.41) is 0. The molecule has 1 aliphatic heterocycles. The number of aryl methyl sites for hydroxylation is 1. The van der Waals surface area contributed by atoms with Gasteiger partial charge in [-0.2, -0.15) is 0 Å². The van der Waals surface area contributed by atoms with E-state index in [1.165, 1.54) is 51.4 Å². The number of aromatic nitrogens is 2. The number of rotatable bonds is 18. The zero-order valence-corrected chi connectivity index (χ0v) is 19.8. The third-order valence-electron chi connectivity index (χ3n) is 5.59. The molecular formula is C26H43N3O2. The number of hydrogen-bond acceptors (Lipinski definition) is 5. The van der Waals surface area contributed by atoms with E-state index in [0.717, 1.165) is 56.9 Å². The molecule has 0 amide bonds. The molecule has 0 saturated heterocycles. The van der Waals surface area contributed by atoms with Crippen molar-refractivity contribution in [3.8, 4) is 0 Å². The zero-order valence-electron chi connectivity index (χ0n) is 19.8. The highest BCUT2D eigenvalue weighted by Crippen LogP contribution is 2.18. The Morgan fingerprint density at radius 3 is 2.13 bits per heavy atom. The van der Waals surface area contributed by atoms with Gasteiger partial charge in [0.2, 0.25) is 0 Å². The van der Waals surface area contributed by atoms with Crippen LogP contribution in [0.15, 0.2) is 29.5 Å². The molecule has 2 heterocycles. The molecule has 5 heteroatoms. The molecule has 2 unspecified atom stereocenters. The van der Waals surface area contributed by atoms with E-state index in [2.05, 4.69) is 34.9 Å². The molecule has 0 radical (unpaired) electrons. The average molecular weight is 430 g/mol. The maximum absolute atomic E-state index is 5.83. The van der Waals surface area contributed by atoms with Crippen molar-refractivity contribution < 1.29 is 9.47 Å². The van der Waals surface area contributed by atoms with Crippen molar-refractivity contribution in [3.63, 3.8) is 0 Å². The van der Waals surface area contributed by atoms with Crippen molar-refractivity contribution in [1.29, 1.82) is 0 Å². The SMILES string of the molecule is CCCCCCCOC1C=CC(c2cnc(CCCCOCCCCCC)cn2)C=N1. The smallest absolute Gasteiger partial charge is 0.166 e. The molecule has 0 saturated carbocycles. The second-order valence-corrected chi connectivity index (χ2v) is 8.45. The first kappa shape index (κ1) is 25.7. The van der Waals surface area contributed by atoms with E-state index in [9.17, 15) is 0 Å². The molecule has 0 fully saturated rings. The van der Waals surface area contributed by atoms with Crippen molar-refractivity contribution in [3.05, 3.63) is 35.9 Å². The minimum absolute atomic E-state index is 0.0899. The van der Waals surface area contributed by atoms with Gasteiger partial charge in [0.15, 0.2) is 6.23 Å². The van der Waals surface area contributed by atoms with Crippen molar-refractivity contribution in [2.24, 2.45) is 4.99 Å². The lowest BCUT2D eigenvalue weighted by Crippen LogP contribution is -2.15. The summed E-state index contributed by atoms with van der Waals surface area (Å²) in [5.74, 6) is 0.0899. The number of ether oxygens (including phenoxy) is 2. The van der Waals surface area contributed by atoms with Gasteiger partial charge in [0, 0.05) is 38.4 Å². The highest BCUT2D eigenvalue weighted by molar-refractivity contribution is 5.71. The van der Waals surface area contributed by atoms with Crippen LogP contribution >= 0.6 is 0 Å². The summed E-state index contributed by atoms with van der Waals surface area (Å²) in [6.07, 6.45) is 24.2. The van der Waals surface area contributed by atoms with Crippen LogP contribution in [-0.4, -0.2) is 42.2 Å². The van der Waals surface area contributed by atoms with Crippen molar-refractivity contribution in [2.45, 2.75) is 103 Å². The van der Waals surface area contributed by atoms with Gasteiger partial charge in [0.25, 0.3) is 0 Å². The van der Waals surface area contributed by atoms with Crippen LogP contribution in [-0.2, 0) is 15.9 Å². The largest absolute Gasteiger partial charge is 0.381 e. The number of hydrogen-bond donors (Lipinski definition) is 0. The minimum Gasteiger partial charge on any atom is -0.381 e. The van der Waals surface area contributed by atoms with Crippen LogP contribution < -0.4 is 0 Å². The Hall–Kier alpha value is -1.59. The number of nitrogens with zero attached hydrogens (tertiary/aromatic N) is 3. The Labute approximate surface area is 189 Å². The Morgan fingerprint density at radius 2 is 1.45 bits per heavy atom. The van der Waals surface area contributed by atoms with E-state index in [1.54, 1.807) is 0 Å². The lowest BCUT2D eigenvalue weighted by Gasteiger charge is -2.16. The van der Waals surface area contributed by atoms with Gasteiger partial charge in [-0.1, -0.05) is 64.9 Å². The third-order valence-corrected chi connectivity index (χ3v) is 5.59. The van der Waals surface area contributed by atoms with Crippen LogP contribution in [0, 0.1) is 0 Å². The van der Waals surface area contributed by atoms with Gasteiger partial charge in [-0.05, 0) is 38.2 Å². The Kier molecular flexibility index (Phi) is 14.1. The number of aliphatic imine (C=N–C) groups is 1. The number of unbranched alkanes of at least 4 members (excludes halogenated alkanes) is 8. The molecule has 2 rings (SSSR count). The predicted molar refractivity (Wildman–Crippen MR) is 129 cm³/mol. The predicted octanol–water partition coefficient (Wildman–Crippen LogP) is 6.43. The van der Waals surface area contributed by atoms with Crippen molar-refractivity contribution >= 4 is 6.21 Å². The summed E-state index contributed by atoms with van der Waals surface area (Å²) in [4.78, 5) is 13.7. The molecule has 0 bridgehead atoms. The lowest BCUT2D eigenvalue weighted by molar-refractivity contribution is 0.0870. The first-order chi connectivity index (χ1) is 15.3. The quantitative estimate of drug-likeness (QED) is 0.199. The topological polar surface area (TPSA) is 56.6 Å². The van der Waals surface area contributed by atoms with Gasteiger partial charge in [-0.15, -0.1) is 0 Å². The van der Waals surface area contributed by atoms with Crippen LogP contribution in [0.1, 0.15) is 102 Å². The summed E-state index contributed by atoms with van der Waals surface area (Å²) < 4.78 is 11.5. The molecule has 0 aromatic carbocycles. The van der Waals surface area contributed by atoms with Crippen LogP contribution in [0.3, 0.4) is 0 Å². The number of allylic oxidation sites excluding steroid dienone is 1. The number of dihydropyridines is 1. The molecular weight excluding hydrogens is 386 g/mol. The van der Waals surface area contributed by atoms with E-state index in [1.807, 2.05) is 24.7 Å². The highest BCUT2D eigenvalue weighted by Gasteiger charge is 2.14. The molecule has 174 valence electrons. The fourth-order valence-corrected chi connectivity index (χ4v) is 3.58. The summed E-state index contributed by atoms with van der Waals surface area (Å²) >= 11 is 0. The van der Waals surface area contributed by atoms with E-state index in [4.69, 9.17) is 9.47 Å².